The summed E-state index contributed by atoms with van der Waals surface area (Å²) in [5, 5.41) is 6.57. The smallest absolute Gasteiger partial charge is 0.407 e. The number of alkyl carbamates (subject to hydrolysis) is 1. The molecule has 5 heteroatoms. The Morgan fingerprint density at radius 3 is 2.46 bits per heavy atom. The van der Waals surface area contributed by atoms with E-state index in [1.165, 1.54) is 10.5 Å². The van der Waals surface area contributed by atoms with E-state index in [2.05, 4.69) is 48.1 Å². The summed E-state index contributed by atoms with van der Waals surface area (Å²) in [7, 11) is 0. The van der Waals surface area contributed by atoms with Crippen LogP contribution in [-0.4, -0.2) is 24.4 Å². The van der Waals surface area contributed by atoms with Gasteiger partial charge in [0.1, 0.15) is 6.61 Å². The molecule has 0 aliphatic heterocycles. The number of amides is 1. The van der Waals surface area contributed by atoms with Crippen LogP contribution in [-0.2, 0) is 11.3 Å². The molecule has 138 valence electrons. The van der Waals surface area contributed by atoms with E-state index in [0.29, 0.717) is 18.7 Å². The molecule has 3 rings (SSSR count). The molecule has 0 aromatic heterocycles. The summed E-state index contributed by atoms with van der Waals surface area (Å²) in [4.78, 5) is 13.2. The van der Waals surface area contributed by atoms with Crippen molar-refractivity contribution < 1.29 is 9.53 Å². The zero-order valence-electron chi connectivity index (χ0n) is 15.3. The number of rotatable bonds is 7. The molecule has 26 heavy (non-hydrogen) atoms. The van der Waals surface area contributed by atoms with E-state index < -0.39 is 0 Å². The molecule has 0 saturated heterocycles. The van der Waals surface area contributed by atoms with Gasteiger partial charge in [0, 0.05) is 23.0 Å². The summed E-state index contributed by atoms with van der Waals surface area (Å²) in [6.45, 7) is 2.49. The fourth-order valence-corrected chi connectivity index (χ4v) is 3.55. The van der Waals surface area contributed by atoms with Crippen molar-refractivity contribution in [1.82, 2.24) is 10.6 Å². The number of carbonyl (C=O) groups excluding carboxylic acids is 1. The number of thioether (sulfide) groups is 1. The van der Waals surface area contributed by atoms with Gasteiger partial charge in [0.2, 0.25) is 0 Å². The molecule has 1 amide bonds. The maximum absolute atomic E-state index is 11.9. The Morgan fingerprint density at radius 2 is 1.81 bits per heavy atom. The average molecular weight is 371 g/mol. The molecule has 1 atom stereocenters. The minimum Gasteiger partial charge on any atom is -0.445 e. The lowest BCUT2D eigenvalue weighted by Crippen LogP contribution is -2.52. The van der Waals surface area contributed by atoms with Gasteiger partial charge in [0.05, 0.1) is 0 Å². The molecule has 0 heterocycles. The van der Waals surface area contributed by atoms with Crippen molar-refractivity contribution in [2.45, 2.75) is 49.4 Å². The Hall–Kier alpha value is -1.98. The molecule has 1 fully saturated rings. The number of hydrogen-bond donors (Lipinski definition) is 2. The first kappa shape index (κ1) is 18.8. The van der Waals surface area contributed by atoms with E-state index in [9.17, 15) is 4.79 Å². The van der Waals surface area contributed by atoms with E-state index in [1.54, 1.807) is 11.8 Å². The number of ether oxygens (including phenoxy) is 1. The third-order valence-corrected chi connectivity index (χ3v) is 5.52. The highest BCUT2D eigenvalue weighted by Gasteiger charge is 2.31. The lowest BCUT2D eigenvalue weighted by molar-refractivity contribution is 0.124. The van der Waals surface area contributed by atoms with Crippen molar-refractivity contribution in [2.24, 2.45) is 0 Å². The van der Waals surface area contributed by atoms with Crippen LogP contribution in [0.4, 0.5) is 4.79 Å². The van der Waals surface area contributed by atoms with E-state index in [0.717, 1.165) is 18.4 Å². The lowest BCUT2D eigenvalue weighted by atomic mass is 9.86. The van der Waals surface area contributed by atoms with Crippen molar-refractivity contribution >= 4 is 17.9 Å². The highest BCUT2D eigenvalue weighted by atomic mass is 32.2. The number of nitrogens with one attached hydrogen (secondary N) is 2. The zero-order valence-corrected chi connectivity index (χ0v) is 16.1. The Kier molecular flexibility index (Phi) is 6.58. The van der Waals surface area contributed by atoms with Crippen molar-refractivity contribution in [1.29, 1.82) is 0 Å². The molecule has 1 aliphatic rings. The molecule has 4 nitrogen and oxygen atoms in total. The van der Waals surface area contributed by atoms with Crippen LogP contribution in [0.3, 0.4) is 0 Å². The molecule has 2 aromatic carbocycles. The van der Waals surface area contributed by atoms with Crippen LogP contribution < -0.4 is 10.6 Å². The summed E-state index contributed by atoms with van der Waals surface area (Å²) in [5.74, 6) is 0. The second-order valence-corrected chi connectivity index (χ2v) is 7.61. The van der Waals surface area contributed by atoms with Gasteiger partial charge < -0.3 is 15.4 Å². The van der Waals surface area contributed by atoms with Gasteiger partial charge in [-0.3, -0.25) is 0 Å². The largest absolute Gasteiger partial charge is 0.445 e. The highest BCUT2D eigenvalue weighted by molar-refractivity contribution is 7.98. The quantitative estimate of drug-likeness (QED) is 0.704. The second kappa shape index (κ2) is 9.10. The first-order valence-electron chi connectivity index (χ1n) is 9.01. The van der Waals surface area contributed by atoms with E-state index >= 15 is 0 Å². The molecule has 1 saturated carbocycles. The molecular formula is C21H26N2O2S. The van der Waals surface area contributed by atoms with Gasteiger partial charge in [-0.15, -0.1) is 11.8 Å². The molecule has 1 aliphatic carbocycles. The van der Waals surface area contributed by atoms with Crippen molar-refractivity contribution in [3.05, 3.63) is 65.7 Å². The van der Waals surface area contributed by atoms with Crippen molar-refractivity contribution in [2.75, 3.05) is 6.26 Å². The molecule has 0 radical (unpaired) electrons. The predicted molar refractivity (Wildman–Crippen MR) is 106 cm³/mol. The Balaban J connectivity index is 1.35. The average Bonchev–Trinajstić information content (AvgIpc) is 2.65. The molecule has 2 N–H and O–H groups in total. The summed E-state index contributed by atoms with van der Waals surface area (Å²) in [6.07, 6.45) is 3.63. The first-order chi connectivity index (χ1) is 12.6. The maximum Gasteiger partial charge on any atom is 0.407 e. The predicted octanol–water partition coefficient (Wildman–Crippen LogP) is 4.52. The van der Waals surface area contributed by atoms with Gasteiger partial charge in [0.25, 0.3) is 0 Å². The first-order valence-corrected chi connectivity index (χ1v) is 10.2. The summed E-state index contributed by atoms with van der Waals surface area (Å²) in [5.41, 5.74) is 2.29. The zero-order chi connectivity index (χ0) is 18.4. The van der Waals surface area contributed by atoms with Gasteiger partial charge >= 0.3 is 6.09 Å². The van der Waals surface area contributed by atoms with Crippen LogP contribution in [0.15, 0.2) is 59.5 Å². The van der Waals surface area contributed by atoms with Crippen LogP contribution in [0, 0.1) is 0 Å². The van der Waals surface area contributed by atoms with Crippen LogP contribution in [0.25, 0.3) is 0 Å². The van der Waals surface area contributed by atoms with Gasteiger partial charge in [-0.2, -0.15) is 0 Å². The van der Waals surface area contributed by atoms with Gasteiger partial charge in [-0.1, -0.05) is 42.5 Å². The SMILES string of the molecule is CSc1ccc(C(C)NC2CC(NC(=O)OCc3ccccc3)C2)cc1. The molecule has 0 spiro atoms. The standard InChI is InChI=1S/C21H26N2O2S/c1-15(17-8-10-20(26-2)11-9-17)22-18-12-19(13-18)23-21(24)25-14-16-6-4-3-5-7-16/h3-11,15,18-19,22H,12-14H2,1-2H3,(H,23,24). The lowest BCUT2D eigenvalue weighted by Gasteiger charge is -2.38. The maximum atomic E-state index is 11.9. The van der Waals surface area contributed by atoms with Crippen molar-refractivity contribution in [3.8, 4) is 0 Å². The van der Waals surface area contributed by atoms with Gasteiger partial charge in [-0.25, -0.2) is 4.79 Å². The third kappa shape index (κ3) is 5.26. The monoisotopic (exact) mass is 370 g/mol. The number of carbonyl (C=O) groups is 1. The van der Waals surface area contributed by atoms with Gasteiger partial charge in [-0.05, 0) is 49.3 Å². The van der Waals surface area contributed by atoms with E-state index in [1.807, 2.05) is 30.3 Å². The number of hydrogen-bond acceptors (Lipinski definition) is 4. The van der Waals surface area contributed by atoms with Crippen LogP contribution in [0.1, 0.15) is 36.9 Å². The van der Waals surface area contributed by atoms with Crippen molar-refractivity contribution in [3.63, 3.8) is 0 Å². The van der Waals surface area contributed by atoms with E-state index in [4.69, 9.17) is 4.74 Å². The molecule has 2 aromatic rings. The summed E-state index contributed by atoms with van der Waals surface area (Å²) < 4.78 is 5.27. The Bertz CT molecular complexity index is 700. The fraction of sp³-hybridized carbons (Fsp3) is 0.381. The van der Waals surface area contributed by atoms with Gasteiger partial charge in [0.15, 0.2) is 0 Å². The van der Waals surface area contributed by atoms with E-state index in [-0.39, 0.29) is 12.1 Å². The molecule has 0 bridgehead atoms. The Morgan fingerprint density at radius 1 is 1.12 bits per heavy atom. The minimum absolute atomic E-state index is 0.196. The third-order valence-electron chi connectivity index (χ3n) is 4.77. The van der Waals surface area contributed by atoms with Crippen LogP contribution in [0.2, 0.25) is 0 Å². The summed E-state index contributed by atoms with van der Waals surface area (Å²) in [6, 6.07) is 19.3. The number of benzene rings is 2. The fourth-order valence-electron chi connectivity index (χ4n) is 3.15. The van der Waals surface area contributed by atoms with Crippen LogP contribution >= 0.6 is 11.8 Å². The van der Waals surface area contributed by atoms with Crippen LogP contribution in [0.5, 0.6) is 0 Å². The Labute approximate surface area is 159 Å². The second-order valence-electron chi connectivity index (χ2n) is 6.73. The highest BCUT2D eigenvalue weighted by Crippen LogP contribution is 2.25. The minimum atomic E-state index is -0.335. The normalized spacial score (nSPS) is 20.1. The topological polar surface area (TPSA) is 50.4 Å². The summed E-state index contributed by atoms with van der Waals surface area (Å²) >= 11 is 1.75. The molecular weight excluding hydrogens is 344 g/mol. The molecule has 1 unspecified atom stereocenters.